The lowest BCUT2D eigenvalue weighted by Crippen LogP contribution is -2.30. The van der Waals surface area contributed by atoms with Gasteiger partial charge in [0.25, 0.3) is 5.91 Å². The highest BCUT2D eigenvalue weighted by Crippen LogP contribution is 2.29. The third kappa shape index (κ3) is 4.47. The number of nitrogens with one attached hydrogen (secondary N) is 1. The Morgan fingerprint density at radius 1 is 1.13 bits per heavy atom. The first kappa shape index (κ1) is 17.3. The van der Waals surface area contributed by atoms with Gasteiger partial charge < -0.3 is 10.1 Å². The van der Waals surface area contributed by atoms with Crippen LogP contribution in [0.3, 0.4) is 0 Å². The molecule has 2 aromatic rings. The van der Waals surface area contributed by atoms with Crippen molar-refractivity contribution in [1.82, 2.24) is 0 Å². The Balaban J connectivity index is 2.07. The number of rotatable bonds is 5. The molecule has 1 amide bonds. The van der Waals surface area contributed by atoms with E-state index < -0.39 is 6.10 Å². The van der Waals surface area contributed by atoms with Crippen LogP contribution in [0.5, 0.6) is 5.75 Å². The van der Waals surface area contributed by atoms with Crippen molar-refractivity contribution in [3.63, 3.8) is 0 Å². The monoisotopic (exact) mass is 351 g/mol. The summed E-state index contributed by atoms with van der Waals surface area (Å²) in [6, 6.07) is 11.6. The first-order chi connectivity index (χ1) is 10.9. The molecule has 0 fully saturated rings. The predicted octanol–water partition coefficient (Wildman–Crippen LogP) is 4.60. The highest BCUT2D eigenvalue weighted by Gasteiger charge is 2.17. The van der Waals surface area contributed by atoms with Gasteiger partial charge in [-0.05, 0) is 38.1 Å². The van der Waals surface area contributed by atoms with Crippen molar-refractivity contribution in [1.29, 1.82) is 0 Å². The van der Waals surface area contributed by atoms with Crippen molar-refractivity contribution in [3.8, 4) is 5.75 Å². The Hall–Kier alpha value is -2.04. The molecule has 0 bridgehead atoms. The van der Waals surface area contributed by atoms with Gasteiger partial charge in [-0.1, -0.05) is 41.4 Å². The van der Waals surface area contributed by atoms with Gasteiger partial charge in [0.05, 0.1) is 15.7 Å². The molecule has 0 saturated carbocycles. The van der Waals surface area contributed by atoms with Gasteiger partial charge in [0.2, 0.25) is 0 Å². The quantitative estimate of drug-likeness (QED) is 0.800. The number of halogens is 2. The van der Waals surface area contributed by atoms with E-state index in [-0.39, 0.29) is 16.7 Å². The molecule has 0 spiro atoms. The summed E-state index contributed by atoms with van der Waals surface area (Å²) in [4.78, 5) is 23.6. The highest BCUT2D eigenvalue weighted by molar-refractivity contribution is 6.44. The summed E-state index contributed by atoms with van der Waals surface area (Å²) in [5.74, 6) is -0.00167. The standard InChI is InChI=1S/C17H15Cl2NO3/c1-10(21)12-5-3-6-13(9-12)23-11(2)17(22)20-15-8-4-7-14(18)16(15)19/h3-9,11H,1-2H3,(H,20,22). The van der Waals surface area contributed by atoms with Gasteiger partial charge in [-0.15, -0.1) is 0 Å². The summed E-state index contributed by atoms with van der Waals surface area (Å²) in [6.07, 6.45) is -0.771. The summed E-state index contributed by atoms with van der Waals surface area (Å²) < 4.78 is 5.57. The second-order valence-corrected chi connectivity index (χ2v) is 5.72. The molecule has 23 heavy (non-hydrogen) atoms. The number of ether oxygens (including phenoxy) is 1. The first-order valence-corrected chi connectivity index (χ1v) is 7.66. The summed E-state index contributed by atoms with van der Waals surface area (Å²) in [5.41, 5.74) is 0.935. The normalized spacial score (nSPS) is 11.7. The molecule has 1 N–H and O–H groups in total. The molecule has 2 rings (SSSR count). The fraction of sp³-hybridized carbons (Fsp3) is 0.176. The van der Waals surface area contributed by atoms with Gasteiger partial charge in [0, 0.05) is 5.56 Å². The Bertz CT molecular complexity index is 746. The van der Waals surface area contributed by atoms with E-state index in [1.165, 1.54) is 6.92 Å². The zero-order valence-corrected chi connectivity index (χ0v) is 14.1. The van der Waals surface area contributed by atoms with E-state index in [0.29, 0.717) is 22.0 Å². The van der Waals surface area contributed by atoms with Crippen molar-refractivity contribution in [2.45, 2.75) is 20.0 Å². The molecule has 0 radical (unpaired) electrons. The second kappa shape index (κ2) is 7.49. The van der Waals surface area contributed by atoms with Gasteiger partial charge >= 0.3 is 0 Å². The lowest BCUT2D eigenvalue weighted by atomic mass is 10.1. The predicted molar refractivity (Wildman–Crippen MR) is 91.6 cm³/mol. The lowest BCUT2D eigenvalue weighted by molar-refractivity contribution is -0.122. The third-order valence-corrected chi connectivity index (χ3v) is 3.95. The van der Waals surface area contributed by atoms with Crippen LogP contribution in [-0.2, 0) is 4.79 Å². The van der Waals surface area contributed by atoms with Crippen LogP contribution in [0, 0.1) is 0 Å². The van der Waals surface area contributed by atoms with Crippen LogP contribution in [-0.4, -0.2) is 17.8 Å². The van der Waals surface area contributed by atoms with E-state index in [9.17, 15) is 9.59 Å². The summed E-state index contributed by atoms with van der Waals surface area (Å²) in [7, 11) is 0. The summed E-state index contributed by atoms with van der Waals surface area (Å²) in [6.45, 7) is 3.07. The fourth-order valence-electron chi connectivity index (χ4n) is 1.88. The maximum atomic E-state index is 12.2. The van der Waals surface area contributed by atoms with Gasteiger partial charge in [-0.3, -0.25) is 9.59 Å². The number of amides is 1. The third-order valence-electron chi connectivity index (χ3n) is 3.13. The molecule has 0 aliphatic heterocycles. The van der Waals surface area contributed by atoms with Crippen LogP contribution in [0.2, 0.25) is 10.0 Å². The van der Waals surface area contributed by atoms with Crippen LogP contribution < -0.4 is 10.1 Å². The molecule has 1 unspecified atom stereocenters. The number of hydrogen-bond acceptors (Lipinski definition) is 3. The minimum atomic E-state index is -0.771. The SMILES string of the molecule is CC(=O)c1cccc(OC(C)C(=O)Nc2cccc(Cl)c2Cl)c1. The van der Waals surface area contributed by atoms with Crippen molar-refractivity contribution in [3.05, 3.63) is 58.1 Å². The van der Waals surface area contributed by atoms with Crippen molar-refractivity contribution in [2.24, 2.45) is 0 Å². The van der Waals surface area contributed by atoms with Gasteiger partial charge in [0.1, 0.15) is 5.75 Å². The number of ketones is 1. The number of carbonyl (C=O) groups is 2. The zero-order chi connectivity index (χ0) is 17.0. The summed E-state index contributed by atoms with van der Waals surface area (Å²) >= 11 is 11.9. The van der Waals surface area contributed by atoms with E-state index in [2.05, 4.69) is 5.32 Å². The van der Waals surface area contributed by atoms with E-state index in [1.807, 2.05) is 0 Å². The van der Waals surface area contributed by atoms with Crippen molar-refractivity contribution >= 4 is 40.6 Å². The van der Waals surface area contributed by atoms with E-state index in [1.54, 1.807) is 49.4 Å². The van der Waals surface area contributed by atoms with Crippen LogP contribution in [0.4, 0.5) is 5.69 Å². The van der Waals surface area contributed by atoms with Gasteiger partial charge in [-0.25, -0.2) is 0 Å². The maximum absolute atomic E-state index is 12.2. The molecule has 0 aliphatic carbocycles. The first-order valence-electron chi connectivity index (χ1n) is 6.91. The Kier molecular flexibility index (Phi) is 5.64. The minimum absolute atomic E-state index is 0.0711. The van der Waals surface area contributed by atoms with Crippen molar-refractivity contribution in [2.75, 3.05) is 5.32 Å². The molecule has 120 valence electrons. The number of anilines is 1. The molecule has 6 heteroatoms. The molecule has 0 aromatic heterocycles. The molecule has 0 aliphatic rings. The van der Waals surface area contributed by atoms with E-state index in [4.69, 9.17) is 27.9 Å². The molecule has 1 atom stereocenters. The van der Waals surface area contributed by atoms with E-state index >= 15 is 0 Å². The van der Waals surface area contributed by atoms with Crippen LogP contribution in [0.15, 0.2) is 42.5 Å². The van der Waals surface area contributed by atoms with E-state index in [0.717, 1.165) is 0 Å². The topological polar surface area (TPSA) is 55.4 Å². The highest BCUT2D eigenvalue weighted by atomic mass is 35.5. The Morgan fingerprint density at radius 3 is 2.52 bits per heavy atom. The average Bonchev–Trinajstić information content (AvgIpc) is 2.52. The number of hydrogen-bond donors (Lipinski definition) is 1. The Labute approximate surface area is 144 Å². The molecule has 0 heterocycles. The summed E-state index contributed by atoms with van der Waals surface area (Å²) in [5, 5.41) is 3.29. The minimum Gasteiger partial charge on any atom is -0.481 e. The molecule has 4 nitrogen and oxygen atoms in total. The van der Waals surface area contributed by atoms with Crippen LogP contribution in [0.1, 0.15) is 24.2 Å². The lowest BCUT2D eigenvalue weighted by Gasteiger charge is -2.16. The van der Waals surface area contributed by atoms with Gasteiger partial charge in [-0.2, -0.15) is 0 Å². The van der Waals surface area contributed by atoms with Gasteiger partial charge in [0.15, 0.2) is 11.9 Å². The number of benzene rings is 2. The molecule has 0 saturated heterocycles. The number of Topliss-reactive ketones (excluding diaryl/α,β-unsaturated/α-hetero) is 1. The second-order valence-electron chi connectivity index (χ2n) is 4.93. The zero-order valence-electron chi connectivity index (χ0n) is 12.6. The molecular weight excluding hydrogens is 337 g/mol. The average molecular weight is 352 g/mol. The molecular formula is C17H15Cl2NO3. The smallest absolute Gasteiger partial charge is 0.265 e. The molecule has 2 aromatic carbocycles. The Morgan fingerprint density at radius 2 is 1.83 bits per heavy atom. The van der Waals surface area contributed by atoms with Crippen LogP contribution in [0.25, 0.3) is 0 Å². The fourth-order valence-corrected chi connectivity index (χ4v) is 2.23. The largest absolute Gasteiger partial charge is 0.481 e. The number of carbonyl (C=O) groups excluding carboxylic acids is 2. The van der Waals surface area contributed by atoms with Crippen LogP contribution >= 0.6 is 23.2 Å². The van der Waals surface area contributed by atoms with Crippen molar-refractivity contribution < 1.29 is 14.3 Å². The maximum Gasteiger partial charge on any atom is 0.265 e.